The SMILES string of the molecule is Cc1ccc(C(C)c2c(F)ccc3c2NC(=NCc2cccc(F)c2)NS3(=O)=O)o1. The van der Waals surface area contributed by atoms with Crippen molar-refractivity contribution in [3.8, 4) is 0 Å². The number of fused-ring (bicyclic) bond motifs is 1. The van der Waals surface area contributed by atoms with Gasteiger partial charge in [-0.15, -0.1) is 0 Å². The Labute approximate surface area is 172 Å². The highest BCUT2D eigenvalue weighted by Crippen LogP contribution is 2.38. The Morgan fingerprint density at radius 2 is 1.93 bits per heavy atom. The molecule has 4 rings (SSSR count). The van der Waals surface area contributed by atoms with E-state index in [-0.39, 0.29) is 28.7 Å². The monoisotopic (exact) mass is 431 g/mol. The molecule has 0 bridgehead atoms. The van der Waals surface area contributed by atoms with Gasteiger partial charge in [-0.3, -0.25) is 0 Å². The van der Waals surface area contributed by atoms with Gasteiger partial charge in [-0.2, -0.15) is 0 Å². The number of halogens is 2. The van der Waals surface area contributed by atoms with Crippen LogP contribution in [0.15, 0.2) is 62.8 Å². The van der Waals surface area contributed by atoms with Gasteiger partial charge in [0, 0.05) is 11.5 Å². The van der Waals surface area contributed by atoms with Crippen LogP contribution in [-0.4, -0.2) is 14.4 Å². The Balaban J connectivity index is 1.75. The average molecular weight is 431 g/mol. The van der Waals surface area contributed by atoms with Gasteiger partial charge in [-0.05, 0) is 48.9 Å². The molecule has 0 amide bonds. The Morgan fingerprint density at radius 1 is 1.13 bits per heavy atom. The lowest BCUT2D eigenvalue weighted by Gasteiger charge is -2.26. The van der Waals surface area contributed by atoms with Crippen molar-refractivity contribution in [1.82, 2.24) is 4.72 Å². The van der Waals surface area contributed by atoms with Crippen molar-refractivity contribution in [3.05, 3.63) is 82.8 Å². The van der Waals surface area contributed by atoms with Gasteiger partial charge in [-0.1, -0.05) is 19.1 Å². The highest BCUT2D eigenvalue weighted by atomic mass is 32.2. The smallest absolute Gasteiger partial charge is 0.266 e. The Bertz CT molecular complexity index is 1250. The summed E-state index contributed by atoms with van der Waals surface area (Å²) in [5, 5.41) is 2.89. The summed E-state index contributed by atoms with van der Waals surface area (Å²) < 4.78 is 61.6. The molecule has 30 heavy (non-hydrogen) atoms. The van der Waals surface area contributed by atoms with E-state index in [1.807, 2.05) is 0 Å². The first kappa shape index (κ1) is 20.1. The molecule has 1 unspecified atom stereocenters. The maximum absolute atomic E-state index is 14.8. The number of aliphatic imine (C=N–C) groups is 1. The van der Waals surface area contributed by atoms with Crippen LogP contribution < -0.4 is 10.0 Å². The van der Waals surface area contributed by atoms with E-state index in [0.29, 0.717) is 17.1 Å². The van der Waals surface area contributed by atoms with Crippen LogP contribution in [0.5, 0.6) is 0 Å². The lowest BCUT2D eigenvalue weighted by Crippen LogP contribution is -2.41. The fourth-order valence-corrected chi connectivity index (χ4v) is 4.54. The van der Waals surface area contributed by atoms with Crippen LogP contribution in [-0.2, 0) is 16.6 Å². The fourth-order valence-electron chi connectivity index (χ4n) is 3.38. The molecule has 1 aliphatic rings. The van der Waals surface area contributed by atoms with Gasteiger partial charge < -0.3 is 9.73 Å². The van der Waals surface area contributed by atoms with Crippen molar-refractivity contribution < 1.29 is 21.6 Å². The van der Waals surface area contributed by atoms with Gasteiger partial charge in [0.1, 0.15) is 28.1 Å². The Morgan fingerprint density at radius 3 is 2.63 bits per heavy atom. The zero-order valence-corrected chi connectivity index (χ0v) is 17.1. The summed E-state index contributed by atoms with van der Waals surface area (Å²) in [6.07, 6.45) is 0. The molecular formula is C21H19F2N3O3S. The first-order chi connectivity index (χ1) is 14.2. The number of benzene rings is 2. The van der Waals surface area contributed by atoms with E-state index in [1.54, 1.807) is 38.1 Å². The second-order valence-corrected chi connectivity index (χ2v) is 8.68. The third-order valence-corrected chi connectivity index (χ3v) is 6.23. The molecule has 0 spiro atoms. The van der Waals surface area contributed by atoms with Gasteiger partial charge in [0.05, 0.1) is 12.2 Å². The number of nitrogens with one attached hydrogen (secondary N) is 2. The summed E-state index contributed by atoms with van der Waals surface area (Å²) in [6.45, 7) is 3.54. The minimum absolute atomic E-state index is 0.0372. The number of guanidine groups is 1. The molecule has 2 heterocycles. The van der Waals surface area contributed by atoms with Crippen molar-refractivity contribution in [2.24, 2.45) is 4.99 Å². The van der Waals surface area contributed by atoms with E-state index in [2.05, 4.69) is 15.0 Å². The van der Waals surface area contributed by atoms with Crippen LogP contribution in [0.3, 0.4) is 0 Å². The van der Waals surface area contributed by atoms with Crippen LogP contribution in [0.25, 0.3) is 0 Å². The van der Waals surface area contributed by atoms with Crippen LogP contribution in [0, 0.1) is 18.6 Å². The van der Waals surface area contributed by atoms with Crippen molar-refractivity contribution in [1.29, 1.82) is 0 Å². The molecule has 1 aromatic heterocycles. The Kier molecular flexibility index (Phi) is 5.07. The molecule has 1 atom stereocenters. The summed E-state index contributed by atoms with van der Waals surface area (Å²) in [5.74, 6) is -0.413. The molecule has 1 aliphatic heterocycles. The maximum atomic E-state index is 14.8. The number of furan rings is 1. The molecule has 0 saturated heterocycles. The number of rotatable bonds is 4. The third-order valence-electron chi connectivity index (χ3n) is 4.85. The zero-order valence-electron chi connectivity index (χ0n) is 16.2. The molecule has 0 radical (unpaired) electrons. The zero-order chi connectivity index (χ0) is 21.5. The standard InChI is InChI=1S/C21H19F2N3O3S/c1-12-6-8-17(29-12)13(2)19-16(23)7-9-18-20(19)25-21(26-30(18,27)28)24-11-14-4-3-5-15(22)10-14/h3-10,13H,11H2,1-2H3,(H2,24,25,26). The van der Waals surface area contributed by atoms with Crippen molar-refractivity contribution in [3.63, 3.8) is 0 Å². The third kappa shape index (κ3) is 3.80. The van der Waals surface area contributed by atoms with Crippen molar-refractivity contribution >= 4 is 21.7 Å². The van der Waals surface area contributed by atoms with Gasteiger partial charge in [0.25, 0.3) is 10.0 Å². The van der Waals surface area contributed by atoms with E-state index >= 15 is 0 Å². The molecule has 9 heteroatoms. The first-order valence-electron chi connectivity index (χ1n) is 9.22. The molecule has 3 aromatic rings. The van der Waals surface area contributed by atoms with Crippen LogP contribution in [0.4, 0.5) is 14.5 Å². The Hall–Kier alpha value is -3.20. The number of hydrogen-bond donors (Lipinski definition) is 2. The summed E-state index contributed by atoms with van der Waals surface area (Å²) in [6, 6.07) is 11.6. The molecule has 2 aromatic carbocycles. The molecule has 6 nitrogen and oxygen atoms in total. The van der Waals surface area contributed by atoms with E-state index < -0.39 is 27.6 Å². The largest absolute Gasteiger partial charge is 0.466 e. The minimum Gasteiger partial charge on any atom is -0.466 e. The number of sulfonamides is 1. The molecule has 2 N–H and O–H groups in total. The van der Waals surface area contributed by atoms with Crippen molar-refractivity contribution in [2.45, 2.75) is 31.2 Å². The molecule has 156 valence electrons. The average Bonchev–Trinajstić information content (AvgIpc) is 3.11. The van der Waals surface area contributed by atoms with Gasteiger partial charge in [-0.25, -0.2) is 26.9 Å². The second-order valence-electron chi connectivity index (χ2n) is 7.03. The first-order valence-corrected chi connectivity index (χ1v) is 10.7. The maximum Gasteiger partial charge on any atom is 0.266 e. The van der Waals surface area contributed by atoms with Crippen LogP contribution in [0.1, 0.15) is 35.5 Å². The van der Waals surface area contributed by atoms with Crippen LogP contribution in [0.2, 0.25) is 0 Å². The quantitative estimate of drug-likeness (QED) is 0.646. The topological polar surface area (TPSA) is 83.7 Å². The lowest BCUT2D eigenvalue weighted by molar-refractivity contribution is 0.465. The van der Waals surface area contributed by atoms with E-state index in [0.717, 1.165) is 6.07 Å². The number of aryl methyl sites for hydroxylation is 1. The van der Waals surface area contributed by atoms with E-state index in [4.69, 9.17) is 4.42 Å². The van der Waals surface area contributed by atoms with E-state index in [1.165, 1.54) is 18.2 Å². The molecule has 0 saturated carbocycles. The lowest BCUT2D eigenvalue weighted by atomic mass is 9.96. The number of anilines is 1. The highest BCUT2D eigenvalue weighted by Gasteiger charge is 2.32. The summed E-state index contributed by atoms with van der Waals surface area (Å²) >= 11 is 0. The molecule has 0 aliphatic carbocycles. The summed E-state index contributed by atoms with van der Waals surface area (Å²) in [5.41, 5.74) is 0.826. The van der Waals surface area contributed by atoms with Gasteiger partial charge in [0.2, 0.25) is 5.96 Å². The molecule has 0 fully saturated rings. The van der Waals surface area contributed by atoms with Crippen molar-refractivity contribution in [2.75, 3.05) is 5.32 Å². The second kappa shape index (κ2) is 7.56. The predicted octanol–water partition coefficient (Wildman–Crippen LogP) is 4.28. The number of hydrogen-bond acceptors (Lipinski definition) is 4. The summed E-state index contributed by atoms with van der Waals surface area (Å²) in [7, 11) is -3.97. The minimum atomic E-state index is -3.97. The highest BCUT2D eigenvalue weighted by molar-refractivity contribution is 7.90. The van der Waals surface area contributed by atoms with Gasteiger partial charge >= 0.3 is 0 Å². The number of nitrogens with zero attached hydrogens (tertiary/aromatic N) is 1. The fraction of sp³-hybridized carbons (Fsp3) is 0.190. The van der Waals surface area contributed by atoms with Crippen LogP contribution >= 0.6 is 0 Å². The van der Waals surface area contributed by atoms with E-state index in [9.17, 15) is 17.2 Å². The molecular weight excluding hydrogens is 412 g/mol. The normalized spacial score (nSPS) is 17.1. The summed E-state index contributed by atoms with van der Waals surface area (Å²) in [4.78, 5) is 4.11. The van der Waals surface area contributed by atoms with Gasteiger partial charge in [0.15, 0.2) is 0 Å². The predicted molar refractivity (Wildman–Crippen MR) is 109 cm³/mol.